The number of nitrogens with zero attached hydrogens (tertiary/aromatic N) is 2. The fraction of sp³-hybridized carbons (Fsp3) is 0.800. The minimum atomic E-state index is 0.924. The molecule has 1 amide bonds. The van der Waals surface area contributed by atoms with Gasteiger partial charge in [0.25, 0.3) is 0 Å². The molecule has 0 atom stereocenters. The average molecular weight is 142 g/mol. The number of hydrogen-bond acceptors (Lipinski definition) is 2. The van der Waals surface area contributed by atoms with E-state index in [0.717, 1.165) is 49.1 Å². The van der Waals surface area contributed by atoms with Crippen LogP contribution in [0.25, 0.3) is 0 Å². The van der Waals surface area contributed by atoms with Crippen molar-refractivity contribution in [1.29, 1.82) is 0 Å². The van der Waals surface area contributed by atoms with E-state index in [4.69, 9.17) is 0 Å². The standard InChI is InChI=1S/C5H9N2O.Al.2H/c8-5-7-3-1-6-2-4-7;;;/h5H,1-4H2;;;/q-1;+1;;. The van der Waals surface area contributed by atoms with E-state index >= 15 is 0 Å². The van der Waals surface area contributed by atoms with Gasteiger partial charge in [-0.1, -0.05) is 0 Å². The lowest BCUT2D eigenvalue weighted by Gasteiger charge is -2.30. The maximum atomic E-state index is 10.2. The van der Waals surface area contributed by atoms with Crippen LogP contribution in [-0.2, 0) is 4.79 Å². The Labute approximate surface area is 63.3 Å². The minimum absolute atomic E-state index is 0.924. The SMILES string of the molecule is O=CN1CC[N]([AlH2])CC1. The molecule has 1 fully saturated rings. The van der Waals surface area contributed by atoms with Crippen molar-refractivity contribution >= 4 is 22.9 Å². The van der Waals surface area contributed by atoms with Crippen LogP contribution >= 0.6 is 0 Å². The van der Waals surface area contributed by atoms with Crippen molar-refractivity contribution in [2.75, 3.05) is 26.2 Å². The Morgan fingerprint density at radius 1 is 1.22 bits per heavy atom. The lowest BCUT2D eigenvalue weighted by molar-refractivity contribution is -0.119. The van der Waals surface area contributed by atoms with E-state index < -0.39 is 0 Å². The number of carbonyl (C=O) groups excluding carboxylic acids is 1. The molecule has 1 saturated heterocycles. The summed E-state index contributed by atoms with van der Waals surface area (Å²) in [6.07, 6.45) is 0.939. The molecule has 0 spiro atoms. The highest BCUT2D eigenvalue weighted by molar-refractivity contribution is 6.04. The number of amides is 1. The van der Waals surface area contributed by atoms with E-state index in [1.54, 1.807) is 0 Å². The van der Waals surface area contributed by atoms with Gasteiger partial charge in [0.05, 0.1) is 0 Å². The summed E-state index contributed by atoms with van der Waals surface area (Å²) in [7, 11) is 0. The number of carbonyl (C=O) groups is 1. The molecule has 1 aliphatic heterocycles. The highest BCUT2D eigenvalue weighted by Gasteiger charge is 2.09. The van der Waals surface area contributed by atoms with Crippen molar-refractivity contribution in [3.05, 3.63) is 0 Å². The molecule has 3 nitrogen and oxygen atoms in total. The maximum Gasteiger partial charge on any atom is 0.322 e. The van der Waals surface area contributed by atoms with Gasteiger partial charge < -0.3 is 8.78 Å². The van der Waals surface area contributed by atoms with Crippen LogP contribution < -0.4 is 0 Å². The first-order valence-corrected chi connectivity index (χ1v) is 4.10. The molecule has 0 bridgehead atoms. The van der Waals surface area contributed by atoms with Crippen molar-refractivity contribution in [2.45, 2.75) is 0 Å². The first kappa shape index (κ1) is 7.07. The third kappa shape index (κ3) is 1.98. The Morgan fingerprint density at radius 3 is 2.22 bits per heavy atom. The molecule has 0 aliphatic carbocycles. The van der Waals surface area contributed by atoms with E-state index in [-0.39, 0.29) is 0 Å². The summed E-state index contributed by atoms with van der Waals surface area (Å²) in [6, 6.07) is 0. The Hall–Kier alpha value is -0.0375. The monoisotopic (exact) mass is 142 g/mol. The van der Waals surface area contributed by atoms with E-state index in [2.05, 4.69) is 3.88 Å². The van der Waals surface area contributed by atoms with Crippen LogP contribution in [0.1, 0.15) is 0 Å². The fourth-order valence-corrected chi connectivity index (χ4v) is 1.33. The average Bonchev–Trinajstić information content (AvgIpc) is 1.90. The Morgan fingerprint density at radius 2 is 1.78 bits per heavy atom. The second-order valence-corrected chi connectivity index (χ2v) is 3.71. The van der Waals surface area contributed by atoms with E-state index in [0.29, 0.717) is 0 Å². The predicted molar refractivity (Wildman–Crippen MR) is 37.8 cm³/mol. The Bertz CT molecular complexity index is 101. The summed E-state index contributed by atoms with van der Waals surface area (Å²) in [5, 5.41) is 0. The number of piperazine rings is 1. The first-order chi connectivity index (χ1) is 4.33. The third-order valence-corrected chi connectivity index (χ3v) is 2.58. The van der Waals surface area contributed by atoms with Gasteiger partial charge in [0.2, 0.25) is 6.41 Å². The zero-order valence-electron chi connectivity index (χ0n) is 5.71. The molecule has 0 radical (unpaired) electrons. The van der Waals surface area contributed by atoms with Gasteiger partial charge in [-0.05, 0) is 13.1 Å². The summed E-state index contributed by atoms with van der Waals surface area (Å²) < 4.78 is 2.36. The molecule has 1 rings (SSSR count). The number of rotatable bonds is 1. The van der Waals surface area contributed by atoms with Gasteiger partial charge in [-0.25, -0.2) is 0 Å². The van der Waals surface area contributed by atoms with E-state index in [1.807, 2.05) is 4.90 Å². The third-order valence-electron chi connectivity index (χ3n) is 1.69. The van der Waals surface area contributed by atoms with Crippen LogP contribution in [-0.4, -0.2) is 57.9 Å². The molecule has 9 heavy (non-hydrogen) atoms. The van der Waals surface area contributed by atoms with Gasteiger partial charge in [0.1, 0.15) is 0 Å². The molecule has 0 aromatic heterocycles. The fourth-order valence-electron chi connectivity index (χ4n) is 0.927. The van der Waals surface area contributed by atoms with Crippen LogP contribution in [0, 0.1) is 0 Å². The molecule has 0 aromatic carbocycles. The van der Waals surface area contributed by atoms with Crippen LogP contribution in [0.2, 0.25) is 0 Å². The summed E-state index contributed by atoms with van der Waals surface area (Å²) in [5.41, 5.74) is 0. The van der Waals surface area contributed by atoms with E-state index in [1.165, 1.54) is 0 Å². The van der Waals surface area contributed by atoms with Crippen molar-refractivity contribution in [3.8, 4) is 0 Å². The topological polar surface area (TPSA) is 23.6 Å². The second kappa shape index (κ2) is 3.21. The van der Waals surface area contributed by atoms with E-state index in [9.17, 15) is 4.79 Å². The number of hydrogen-bond donors (Lipinski definition) is 0. The zero-order valence-corrected chi connectivity index (χ0v) is 7.71. The molecule has 0 N–H and O–H groups in total. The lowest BCUT2D eigenvalue weighted by atomic mass is 10.4. The molecule has 4 heteroatoms. The smallest absolute Gasteiger partial charge is 0.322 e. The summed E-state index contributed by atoms with van der Waals surface area (Å²) in [6.45, 7) is 4.00. The summed E-state index contributed by atoms with van der Waals surface area (Å²) in [5.74, 6) is 0. The second-order valence-electron chi connectivity index (χ2n) is 2.44. The predicted octanol–water partition coefficient (Wildman–Crippen LogP) is -1.69. The Kier molecular flexibility index (Phi) is 2.52. The van der Waals surface area contributed by atoms with Gasteiger partial charge in [-0.3, -0.25) is 4.79 Å². The van der Waals surface area contributed by atoms with Gasteiger partial charge >= 0.3 is 16.5 Å². The molecule has 1 heterocycles. The quantitative estimate of drug-likeness (QED) is 0.322. The summed E-state index contributed by atoms with van der Waals surface area (Å²) >= 11 is 1.14. The molecule has 50 valence electrons. The molecule has 0 aromatic rings. The first-order valence-electron chi connectivity index (χ1n) is 3.21. The van der Waals surface area contributed by atoms with Gasteiger partial charge in [0.15, 0.2) is 0 Å². The zero-order chi connectivity index (χ0) is 6.69. The van der Waals surface area contributed by atoms with Crippen LogP contribution in [0.15, 0.2) is 0 Å². The maximum absolute atomic E-state index is 10.2. The normalized spacial score (nSPS) is 22.0. The Balaban J connectivity index is 2.26. The molecular formula is C5H11AlN2O. The van der Waals surface area contributed by atoms with Crippen LogP contribution in [0.3, 0.4) is 0 Å². The highest BCUT2D eigenvalue weighted by atomic mass is 27.1. The van der Waals surface area contributed by atoms with Crippen LogP contribution in [0.4, 0.5) is 0 Å². The highest BCUT2D eigenvalue weighted by Crippen LogP contribution is 1.93. The molecule has 0 saturated carbocycles. The van der Waals surface area contributed by atoms with Gasteiger partial charge in [-0.2, -0.15) is 0 Å². The lowest BCUT2D eigenvalue weighted by Crippen LogP contribution is -2.44. The van der Waals surface area contributed by atoms with Gasteiger partial charge in [0, 0.05) is 13.1 Å². The van der Waals surface area contributed by atoms with Crippen molar-refractivity contribution in [3.63, 3.8) is 0 Å². The molecule has 0 unspecified atom stereocenters. The minimum Gasteiger partial charge on any atom is -0.388 e. The molecular weight excluding hydrogens is 131 g/mol. The van der Waals surface area contributed by atoms with Gasteiger partial charge in [-0.15, -0.1) is 0 Å². The largest absolute Gasteiger partial charge is 0.388 e. The molecule has 1 aliphatic rings. The summed E-state index contributed by atoms with van der Waals surface area (Å²) in [4.78, 5) is 12.0. The van der Waals surface area contributed by atoms with Crippen molar-refractivity contribution < 1.29 is 4.79 Å². The van der Waals surface area contributed by atoms with Crippen LogP contribution in [0.5, 0.6) is 0 Å². The van der Waals surface area contributed by atoms with Crippen molar-refractivity contribution in [2.24, 2.45) is 0 Å². The van der Waals surface area contributed by atoms with Crippen molar-refractivity contribution in [1.82, 2.24) is 8.78 Å².